The third-order valence-electron chi connectivity index (χ3n) is 15.5. The van der Waals surface area contributed by atoms with Gasteiger partial charge in [-0.1, -0.05) is 74.9 Å². The quantitative estimate of drug-likeness (QED) is 0.105. The number of hydrogen-bond donors (Lipinski definition) is 3. The number of aliphatic hydroxyl groups is 2. The van der Waals surface area contributed by atoms with Crippen LogP contribution in [0.4, 0.5) is 5.69 Å². The Labute approximate surface area is 447 Å². The molecule has 4 bridgehead atoms. The van der Waals surface area contributed by atoms with Gasteiger partial charge in [0, 0.05) is 27.0 Å². The van der Waals surface area contributed by atoms with E-state index in [1.165, 1.54) is 22.7 Å². The molecule has 0 radical (unpaired) electrons. The molecule has 376 valence electrons. The summed E-state index contributed by atoms with van der Waals surface area (Å²) < 4.78 is 25.4. The monoisotopic (exact) mass is 1100 g/mol. The Kier molecular flexibility index (Phi) is 13.7. The number of thiazole rings is 2. The molecular formula is C54H47Cl4N5O8S2. The van der Waals surface area contributed by atoms with Gasteiger partial charge in [-0.05, 0) is 143 Å². The molecule has 73 heavy (non-hydrogen) atoms. The lowest BCUT2D eigenvalue weighted by molar-refractivity contribution is -0.116. The smallest absolute Gasteiger partial charge is 0.335 e. The van der Waals surface area contributed by atoms with Crippen LogP contribution in [0.3, 0.4) is 0 Å². The van der Waals surface area contributed by atoms with Crippen LogP contribution in [0.2, 0.25) is 20.1 Å². The van der Waals surface area contributed by atoms with Gasteiger partial charge < -0.3 is 33.8 Å². The number of rotatable bonds is 11. The molecule has 4 aliphatic rings. The van der Waals surface area contributed by atoms with Crippen molar-refractivity contribution in [2.75, 3.05) is 0 Å². The van der Waals surface area contributed by atoms with Crippen molar-refractivity contribution in [2.24, 2.45) is 23.7 Å². The SMILES string of the molecule is Cc1onc(-c2c(Cl)cccc2Cl)c1COC1C[C@H]2CC[C@@H](C1)C2(O)c1nc2ccc(C(=O)O)cc2s1.[C-]#[N+]c1ccc2nc(C3(O)[C@@H]4CC[C@H]3CC(OCc3c(-c5c(Cl)cccc5Cl)noc3C)C4)sc2c1. The van der Waals surface area contributed by atoms with Crippen LogP contribution < -0.4 is 0 Å². The molecule has 4 heterocycles. The van der Waals surface area contributed by atoms with Crippen LogP contribution in [-0.2, 0) is 33.9 Å². The number of aryl methyl sites for hydroxylation is 2. The largest absolute Gasteiger partial charge is 0.478 e. The Morgan fingerprint density at radius 3 is 1.49 bits per heavy atom. The fraction of sp³-hybridized carbons (Fsp3) is 0.370. The van der Waals surface area contributed by atoms with E-state index in [9.17, 15) is 20.1 Å². The van der Waals surface area contributed by atoms with Gasteiger partial charge in [0.1, 0.15) is 44.1 Å². The van der Waals surface area contributed by atoms with Crippen LogP contribution in [0.5, 0.6) is 0 Å². The third-order valence-corrected chi connectivity index (χ3v) is 19.1. The second kappa shape index (κ2) is 20.0. The van der Waals surface area contributed by atoms with E-state index in [0.717, 1.165) is 69.6 Å². The zero-order valence-corrected chi connectivity index (χ0v) is 44.1. The predicted octanol–water partition coefficient (Wildman–Crippen LogP) is 14.6. The first kappa shape index (κ1) is 50.2. The maximum Gasteiger partial charge on any atom is 0.335 e. The van der Waals surface area contributed by atoms with Gasteiger partial charge in [-0.15, -0.1) is 22.7 Å². The highest BCUT2D eigenvalue weighted by atomic mass is 35.5. The molecule has 13 nitrogen and oxygen atoms in total. The summed E-state index contributed by atoms with van der Waals surface area (Å²) in [7, 11) is 0. The van der Waals surface area contributed by atoms with Crippen molar-refractivity contribution in [1.29, 1.82) is 0 Å². The Balaban J connectivity index is 0.000000157. The fourth-order valence-electron chi connectivity index (χ4n) is 11.7. The number of aromatic carboxylic acids is 1. The maximum atomic E-state index is 11.9. The van der Waals surface area contributed by atoms with E-state index < -0.39 is 17.2 Å². The van der Waals surface area contributed by atoms with Gasteiger partial charge in [0.15, 0.2) is 5.69 Å². The molecule has 4 unspecified atom stereocenters. The molecule has 8 atom stereocenters. The molecule has 19 heteroatoms. The normalized spacial score (nSPS) is 25.2. The van der Waals surface area contributed by atoms with Crippen molar-refractivity contribution in [3.05, 3.63) is 143 Å². The predicted molar refractivity (Wildman–Crippen MR) is 282 cm³/mol. The molecule has 4 fully saturated rings. The van der Waals surface area contributed by atoms with Crippen LogP contribution in [-0.4, -0.2) is 53.8 Å². The third kappa shape index (κ3) is 9.05. The average molecular weight is 1100 g/mol. The molecule has 4 aromatic heterocycles. The van der Waals surface area contributed by atoms with Crippen LogP contribution in [0, 0.1) is 44.1 Å². The van der Waals surface area contributed by atoms with E-state index in [1.807, 2.05) is 26.0 Å². The van der Waals surface area contributed by atoms with Gasteiger partial charge >= 0.3 is 5.97 Å². The summed E-state index contributed by atoms with van der Waals surface area (Å²) in [6.45, 7) is 11.6. The molecule has 4 aromatic carbocycles. The first-order valence-electron chi connectivity index (χ1n) is 24.0. The molecule has 3 N–H and O–H groups in total. The number of halogens is 4. The average Bonchev–Trinajstić information content (AvgIpc) is 4.21. The lowest BCUT2D eigenvalue weighted by Crippen LogP contribution is -2.44. The number of benzene rings is 4. The first-order chi connectivity index (χ1) is 35.1. The highest BCUT2D eigenvalue weighted by molar-refractivity contribution is 7.19. The van der Waals surface area contributed by atoms with E-state index >= 15 is 0 Å². The Morgan fingerprint density at radius 2 is 1.08 bits per heavy atom. The van der Waals surface area contributed by atoms with Crippen LogP contribution >= 0.6 is 69.1 Å². The molecule has 0 amide bonds. The highest BCUT2D eigenvalue weighted by Crippen LogP contribution is 2.58. The summed E-state index contributed by atoms with van der Waals surface area (Å²) in [6, 6.07) is 21.1. The van der Waals surface area contributed by atoms with Crippen LogP contribution in [0.15, 0.2) is 81.8 Å². The zero-order chi connectivity index (χ0) is 50.9. The lowest BCUT2D eigenvalue weighted by Gasteiger charge is -2.41. The number of carbonyl (C=O) groups is 1. The topological polar surface area (TPSA) is 178 Å². The fourth-order valence-corrected chi connectivity index (χ4v) is 15.4. The number of nitrogens with zero attached hydrogens (tertiary/aromatic N) is 5. The van der Waals surface area contributed by atoms with E-state index in [2.05, 4.69) is 15.2 Å². The second-order valence-electron chi connectivity index (χ2n) is 19.5. The standard InChI is InChI=1S/C27H23Cl2N3O3S.C27H24Cl2N2O5S/c1-14-19(25(32-35-14)24-20(28)4-3-5-21(24)29)13-34-18-10-15-6-7-16(11-18)27(15,33)26-31-22-9-8-17(30-2)12-23(22)36-26;1-13-18(24(31-36-13)23-19(28)3-2-4-20(23)29)12-35-17-10-15-6-7-16(11-17)27(15,34)26-30-21-8-5-14(25(32)33)9-22(21)37-26/h3-5,8-9,12,15-16,18,33H,6-7,10-11,13H2,1H3;2-5,8-9,15-17,34H,6-7,10-12H2,1H3,(H,32,33)/t15-,16+,18?,27?;15-,16+,17?,27?. The van der Waals surface area contributed by atoms with Gasteiger partial charge in [0.2, 0.25) is 0 Å². The van der Waals surface area contributed by atoms with E-state index in [0.29, 0.717) is 96.4 Å². The minimum absolute atomic E-state index is 0.00902. The Morgan fingerprint density at radius 1 is 0.671 bits per heavy atom. The van der Waals surface area contributed by atoms with Gasteiger partial charge in [-0.25, -0.2) is 19.6 Å². The molecule has 12 rings (SSSR count). The summed E-state index contributed by atoms with van der Waals surface area (Å²) >= 11 is 28.6. The van der Waals surface area contributed by atoms with Crippen LogP contribution in [0.25, 0.3) is 47.8 Å². The lowest BCUT2D eigenvalue weighted by atomic mass is 9.73. The van der Waals surface area contributed by atoms with Gasteiger partial charge in [0.25, 0.3) is 0 Å². The summed E-state index contributed by atoms with van der Waals surface area (Å²) in [5.74, 6) is 0.511. The van der Waals surface area contributed by atoms with E-state index in [1.54, 1.807) is 60.7 Å². The second-order valence-corrected chi connectivity index (χ2v) is 23.2. The minimum Gasteiger partial charge on any atom is -0.478 e. The Bertz CT molecular complexity index is 3410. The highest BCUT2D eigenvalue weighted by Gasteiger charge is 2.57. The minimum atomic E-state index is -1.03. The van der Waals surface area contributed by atoms with Crippen molar-refractivity contribution in [3.63, 3.8) is 0 Å². The number of carboxylic acids is 1. The maximum absolute atomic E-state index is 11.9. The molecule has 0 aliphatic heterocycles. The number of carboxylic acid groups (broad SMARTS) is 1. The number of aromatic nitrogens is 4. The number of hydrogen-bond acceptors (Lipinski definition) is 13. The van der Waals surface area contributed by atoms with Crippen LogP contribution in [0.1, 0.15) is 94.4 Å². The van der Waals surface area contributed by atoms with Crippen molar-refractivity contribution in [2.45, 2.75) is 102 Å². The number of fused-ring (bicyclic) bond motifs is 6. The van der Waals surface area contributed by atoms with E-state index in [-0.39, 0.29) is 41.4 Å². The van der Waals surface area contributed by atoms with Gasteiger partial charge in [0.05, 0.1) is 73.4 Å². The molecule has 0 saturated heterocycles. The number of ether oxygens (including phenoxy) is 2. The first-order valence-corrected chi connectivity index (χ1v) is 27.2. The van der Waals surface area contributed by atoms with Crippen molar-refractivity contribution in [3.8, 4) is 22.5 Å². The summed E-state index contributed by atoms with van der Waals surface area (Å²) in [4.78, 5) is 24.4. The van der Waals surface area contributed by atoms with E-state index in [4.69, 9.17) is 81.5 Å². The molecule has 4 saturated carbocycles. The van der Waals surface area contributed by atoms with Crippen molar-refractivity contribution >= 4 is 101 Å². The van der Waals surface area contributed by atoms with Gasteiger partial charge in [-0.2, -0.15) is 0 Å². The molecular weight excluding hydrogens is 1050 g/mol. The molecule has 8 aromatic rings. The Hall–Kier alpha value is -4.96. The van der Waals surface area contributed by atoms with Crippen molar-refractivity contribution in [1.82, 2.24) is 20.3 Å². The molecule has 4 aliphatic carbocycles. The molecule has 0 spiro atoms. The van der Waals surface area contributed by atoms with Crippen molar-refractivity contribution < 1.29 is 38.6 Å². The zero-order valence-electron chi connectivity index (χ0n) is 39.4. The summed E-state index contributed by atoms with van der Waals surface area (Å²) in [6.07, 6.45) is 6.56. The summed E-state index contributed by atoms with van der Waals surface area (Å²) in [5.41, 5.74) is 4.47. The van der Waals surface area contributed by atoms with Gasteiger partial charge in [-0.3, -0.25) is 0 Å². The summed E-state index contributed by atoms with van der Waals surface area (Å²) in [5, 5.41) is 45.0.